The first-order valence-corrected chi connectivity index (χ1v) is 8.79. The van der Waals surface area contributed by atoms with Crippen LogP contribution < -0.4 is 10.2 Å². The number of hydrogen-bond donors (Lipinski definition) is 1. The van der Waals surface area contributed by atoms with Gasteiger partial charge < -0.3 is 10.2 Å². The predicted molar refractivity (Wildman–Crippen MR) is 93.9 cm³/mol. The lowest BCUT2D eigenvalue weighted by molar-refractivity contribution is 0.424. The summed E-state index contributed by atoms with van der Waals surface area (Å²) in [4.78, 5) is 2.41. The van der Waals surface area contributed by atoms with Gasteiger partial charge in [0.25, 0.3) is 0 Å². The van der Waals surface area contributed by atoms with Crippen LogP contribution in [0.5, 0.6) is 0 Å². The van der Waals surface area contributed by atoms with Gasteiger partial charge in [-0.05, 0) is 57.8 Å². The Bertz CT molecular complexity index is 398. The molecule has 2 nitrogen and oxygen atoms in total. The summed E-state index contributed by atoms with van der Waals surface area (Å²) in [6.07, 6.45) is 3.40. The number of nitrogens with zero attached hydrogens (tertiary/aromatic N) is 1. The Morgan fingerprint density at radius 2 is 1.90 bits per heavy atom. The molecule has 0 fully saturated rings. The molecule has 0 aliphatic heterocycles. The molecular weight excluding hydrogens is 264 g/mol. The fourth-order valence-corrected chi connectivity index (χ4v) is 2.66. The van der Waals surface area contributed by atoms with Gasteiger partial charge >= 0.3 is 0 Å². The van der Waals surface area contributed by atoms with E-state index in [0.717, 1.165) is 6.54 Å². The Balaban J connectivity index is 2.78. The Morgan fingerprint density at radius 3 is 2.50 bits per heavy atom. The Hall–Kier alpha value is -0.670. The van der Waals surface area contributed by atoms with E-state index in [4.69, 9.17) is 0 Å². The standard InChI is InChI=1S/C17H30N2S/c1-14(11-12-20-6)19(5)16-10-8-7-9-15(16)13-18-17(2,3)4/h7-10,14,18H,11-13H2,1-6H3. The lowest BCUT2D eigenvalue weighted by Gasteiger charge is -2.30. The van der Waals surface area contributed by atoms with Crippen LogP contribution in [0.3, 0.4) is 0 Å². The summed E-state index contributed by atoms with van der Waals surface area (Å²) in [7, 11) is 2.21. The highest BCUT2D eigenvalue weighted by atomic mass is 32.2. The molecule has 0 aliphatic carbocycles. The molecule has 20 heavy (non-hydrogen) atoms. The summed E-state index contributed by atoms with van der Waals surface area (Å²) in [5.74, 6) is 1.22. The van der Waals surface area contributed by atoms with Crippen LogP contribution in [0.2, 0.25) is 0 Å². The molecule has 0 saturated heterocycles. The van der Waals surface area contributed by atoms with E-state index < -0.39 is 0 Å². The highest BCUT2D eigenvalue weighted by Gasteiger charge is 2.15. The molecule has 0 aromatic heterocycles. The first-order chi connectivity index (χ1) is 9.35. The second-order valence-electron chi connectivity index (χ2n) is 6.47. The molecule has 0 spiro atoms. The average Bonchev–Trinajstić information content (AvgIpc) is 2.41. The minimum Gasteiger partial charge on any atom is -0.372 e. The van der Waals surface area contributed by atoms with E-state index in [1.54, 1.807) is 0 Å². The monoisotopic (exact) mass is 294 g/mol. The number of benzene rings is 1. The van der Waals surface area contributed by atoms with Gasteiger partial charge in [-0.15, -0.1) is 0 Å². The molecule has 0 bridgehead atoms. The van der Waals surface area contributed by atoms with Gasteiger partial charge in [0.15, 0.2) is 0 Å². The van der Waals surface area contributed by atoms with Crippen molar-refractivity contribution in [1.29, 1.82) is 0 Å². The zero-order valence-corrected chi connectivity index (χ0v) is 14.7. The number of anilines is 1. The predicted octanol–water partition coefficient (Wildman–Crippen LogP) is 4.15. The SMILES string of the molecule is CSCCC(C)N(C)c1ccccc1CNC(C)(C)C. The fourth-order valence-electron chi connectivity index (χ4n) is 2.08. The summed E-state index contributed by atoms with van der Waals surface area (Å²) < 4.78 is 0. The maximum absolute atomic E-state index is 3.58. The van der Waals surface area contributed by atoms with E-state index >= 15 is 0 Å². The summed E-state index contributed by atoms with van der Waals surface area (Å²) in [6.45, 7) is 9.85. The molecule has 1 N–H and O–H groups in total. The third kappa shape index (κ3) is 5.76. The van der Waals surface area contributed by atoms with Gasteiger partial charge in [0, 0.05) is 30.9 Å². The zero-order valence-electron chi connectivity index (χ0n) is 13.9. The zero-order chi connectivity index (χ0) is 15.2. The van der Waals surface area contributed by atoms with E-state index in [9.17, 15) is 0 Å². The van der Waals surface area contributed by atoms with Crippen molar-refractivity contribution >= 4 is 17.4 Å². The van der Waals surface area contributed by atoms with Crippen molar-refractivity contribution in [2.45, 2.75) is 52.2 Å². The van der Waals surface area contributed by atoms with E-state index in [1.807, 2.05) is 11.8 Å². The second-order valence-corrected chi connectivity index (χ2v) is 7.46. The summed E-state index contributed by atoms with van der Waals surface area (Å²) >= 11 is 1.92. The molecule has 1 atom stereocenters. The smallest absolute Gasteiger partial charge is 0.0411 e. The van der Waals surface area contributed by atoms with Crippen LogP contribution >= 0.6 is 11.8 Å². The summed E-state index contributed by atoms with van der Waals surface area (Å²) in [6, 6.07) is 9.29. The van der Waals surface area contributed by atoms with Crippen LogP contribution in [0, 0.1) is 0 Å². The van der Waals surface area contributed by atoms with Crippen molar-refractivity contribution in [3.63, 3.8) is 0 Å². The normalized spacial score (nSPS) is 13.3. The van der Waals surface area contributed by atoms with Crippen LogP contribution in [-0.4, -0.2) is 30.6 Å². The van der Waals surface area contributed by atoms with Crippen LogP contribution in [0.1, 0.15) is 39.7 Å². The maximum atomic E-state index is 3.58. The molecule has 0 radical (unpaired) electrons. The lowest BCUT2D eigenvalue weighted by atomic mass is 10.1. The molecule has 1 rings (SSSR count). The molecule has 114 valence electrons. The minimum absolute atomic E-state index is 0.149. The molecule has 1 unspecified atom stereocenters. The number of thioether (sulfide) groups is 1. The molecule has 1 aromatic carbocycles. The van der Waals surface area contributed by atoms with Gasteiger partial charge in [-0.1, -0.05) is 18.2 Å². The van der Waals surface area contributed by atoms with Crippen LogP contribution in [0.15, 0.2) is 24.3 Å². The number of hydrogen-bond acceptors (Lipinski definition) is 3. The van der Waals surface area contributed by atoms with Gasteiger partial charge in [0.05, 0.1) is 0 Å². The topological polar surface area (TPSA) is 15.3 Å². The van der Waals surface area contributed by atoms with Gasteiger partial charge in [-0.2, -0.15) is 11.8 Å². The van der Waals surface area contributed by atoms with Crippen molar-refractivity contribution < 1.29 is 0 Å². The van der Waals surface area contributed by atoms with Crippen molar-refractivity contribution in [2.75, 3.05) is 24.0 Å². The lowest BCUT2D eigenvalue weighted by Crippen LogP contribution is -2.36. The number of para-hydroxylation sites is 1. The van der Waals surface area contributed by atoms with E-state index in [1.165, 1.54) is 23.4 Å². The largest absolute Gasteiger partial charge is 0.372 e. The van der Waals surface area contributed by atoms with E-state index in [2.05, 4.69) is 75.5 Å². The van der Waals surface area contributed by atoms with E-state index in [-0.39, 0.29) is 5.54 Å². The first-order valence-electron chi connectivity index (χ1n) is 7.40. The van der Waals surface area contributed by atoms with Crippen molar-refractivity contribution in [3.05, 3.63) is 29.8 Å². The van der Waals surface area contributed by atoms with Crippen molar-refractivity contribution in [3.8, 4) is 0 Å². The Morgan fingerprint density at radius 1 is 1.25 bits per heavy atom. The second kappa shape index (κ2) is 7.94. The van der Waals surface area contributed by atoms with Gasteiger partial charge in [-0.3, -0.25) is 0 Å². The molecule has 0 heterocycles. The van der Waals surface area contributed by atoms with Crippen molar-refractivity contribution in [1.82, 2.24) is 5.32 Å². The van der Waals surface area contributed by atoms with Gasteiger partial charge in [-0.25, -0.2) is 0 Å². The van der Waals surface area contributed by atoms with Gasteiger partial charge in [0.1, 0.15) is 0 Å². The maximum Gasteiger partial charge on any atom is 0.0411 e. The number of rotatable bonds is 7. The average molecular weight is 295 g/mol. The molecule has 0 saturated carbocycles. The van der Waals surface area contributed by atoms with Gasteiger partial charge in [0.2, 0.25) is 0 Å². The third-order valence-corrected chi connectivity index (χ3v) is 4.23. The number of nitrogens with one attached hydrogen (secondary N) is 1. The quantitative estimate of drug-likeness (QED) is 0.813. The molecule has 3 heteroatoms. The highest BCUT2D eigenvalue weighted by Crippen LogP contribution is 2.23. The summed E-state index contributed by atoms with van der Waals surface area (Å²) in [5, 5.41) is 3.58. The highest BCUT2D eigenvalue weighted by molar-refractivity contribution is 7.98. The Kier molecular flexibility index (Phi) is 6.90. The summed E-state index contributed by atoms with van der Waals surface area (Å²) in [5.41, 5.74) is 2.87. The Labute approximate surface area is 129 Å². The van der Waals surface area contributed by atoms with Crippen LogP contribution in [0.25, 0.3) is 0 Å². The minimum atomic E-state index is 0.149. The molecular formula is C17H30N2S. The van der Waals surface area contributed by atoms with E-state index in [0.29, 0.717) is 6.04 Å². The third-order valence-electron chi connectivity index (χ3n) is 3.58. The van der Waals surface area contributed by atoms with Crippen LogP contribution in [-0.2, 0) is 6.54 Å². The fraction of sp³-hybridized carbons (Fsp3) is 0.647. The first kappa shape index (κ1) is 17.4. The molecule has 1 aromatic rings. The van der Waals surface area contributed by atoms with Crippen molar-refractivity contribution in [2.24, 2.45) is 0 Å². The molecule has 0 amide bonds. The molecule has 0 aliphatic rings. The van der Waals surface area contributed by atoms with Crippen LogP contribution in [0.4, 0.5) is 5.69 Å².